The summed E-state index contributed by atoms with van der Waals surface area (Å²) >= 11 is 0. The van der Waals surface area contributed by atoms with Crippen LogP contribution in [0, 0.1) is 0 Å². The van der Waals surface area contributed by atoms with E-state index in [4.69, 9.17) is 0 Å². The highest BCUT2D eigenvalue weighted by molar-refractivity contribution is 5.83. The van der Waals surface area contributed by atoms with Gasteiger partial charge in [0.25, 0.3) is 0 Å². The summed E-state index contributed by atoms with van der Waals surface area (Å²) < 4.78 is 2.30. The lowest BCUT2D eigenvalue weighted by molar-refractivity contribution is -0.677. The van der Waals surface area contributed by atoms with Crippen LogP contribution in [0.25, 0.3) is 10.8 Å². The number of aryl methyl sites for hydroxylation is 2. The molecule has 0 aliphatic carbocycles. The maximum Gasteiger partial charge on any atom is 0.188 e. The second-order valence-corrected chi connectivity index (χ2v) is 6.54. The Bertz CT molecular complexity index is 559. The minimum absolute atomic E-state index is 1.20. The van der Waals surface area contributed by atoms with E-state index in [1.165, 1.54) is 80.7 Å². The fourth-order valence-electron chi connectivity index (χ4n) is 3.29. The predicted octanol–water partition coefficient (Wildman–Crippen LogP) is 5.74. The molecule has 0 atom stereocenters. The lowest BCUT2D eigenvalue weighted by Crippen LogP contribution is -2.33. The Morgan fingerprint density at radius 2 is 1.41 bits per heavy atom. The van der Waals surface area contributed by atoms with Crippen LogP contribution in [0.5, 0.6) is 0 Å². The third-order valence-electron chi connectivity index (χ3n) is 4.69. The van der Waals surface area contributed by atoms with Gasteiger partial charge in [-0.05, 0) is 17.9 Å². The number of unbranched alkanes of at least 4 members (excludes halogenated alkanes) is 8. The molecule has 1 aromatic carbocycles. The zero-order valence-electron chi connectivity index (χ0n) is 14.5. The van der Waals surface area contributed by atoms with Crippen molar-refractivity contribution >= 4 is 10.8 Å². The van der Waals surface area contributed by atoms with E-state index in [0.717, 1.165) is 0 Å². The average molecular weight is 298 g/mol. The van der Waals surface area contributed by atoms with Crippen molar-refractivity contribution in [3.8, 4) is 0 Å². The van der Waals surface area contributed by atoms with Crippen molar-refractivity contribution in [3.05, 3.63) is 42.2 Å². The van der Waals surface area contributed by atoms with Gasteiger partial charge in [0.05, 0.1) is 0 Å². The Balaban J connectivity index is 1.72. The summed E-state index contributed by atoms with van der Waals surface area (Å²) in [6, 6.07) is 11.0. The van der Waals surface area contributed by atoms with Gasteiger partial charge in [0, 0.05) is 17.9 Å². The second kappa shape index (κ2) is 9.61. The van der Waals surface area contributed by atoms with Crippen LogP contribution in [0.2, 0.25) is 0 Å². The third-order valence-corrected chi connectivity index (χ3v) is 4.69. The molecule has 120 valence electrons. The highest BCUT2D eigenvalue weighted by Gasteiger charge is 2.10. The van der Waals surface area contributed by atoms with Crippen molar-refractivity contribution in [2.45, 2.75) is 71.1 Å². The molecular formula is C21H32N+. The largest absolute Gasteiger partial charge is 0.205 e. The molecule has 1 aromatic heterocycles. The summed E-state index contributed by atoms with van der Waals surface area (Å²) in [7, 11) is 2.18. The van der Waals surface area contributed by atoms with Crippen LogP contribution in [-0.4, -0.2) is 0 Å². The molecule has 0 saturated heterocycles. The van der Waals surface area contributed by atoms with Crippen LogP contribution < -0.4 is 4.57 Å². The van der Waals surface area contributed by atoms with Crippen molar-refractivity contribution in [2.24, 2.45) is 7.05 Å². The predicted molar refractivity (Wildman–Crippen MR) is 96.1 cm³/mol. The van der Waals surface area contributed by atoms with Crippen molar-refractivity contribution in [1.82, 2.24) is 0 Å². The number of fused-ring (bicyclic) bond motifs is 1. The fourth-order valence-corrected chi connectivity index (χ4v) is 3.29. The van der Waals surface area contributed by atoms with E-state index in [0.29, 0.717) is 0 Å². The highest BCUT2D eigenvalue weighted by Crippen LogP contribution is 2.17. The van der Waals surface area contributed by atoms with Gasteiger partial charge in [-0.15, -0.1) is 0 Å². The molecule has 2 rings (SSSR count). The molecule has 2 aromatic rings. The summed E-state index contributed by atoms with van der Waals surface area (Å²) in [5.41, 5.74) is 1.49. The Kier molecular flexibility index (Phi) is 7.42. The number of aromatic nitrogens is 1. The molecule has 1 nitrogen and oxygen atoms in total. The van der Waals surface area contributed by atoms with E-state index >= 15 is 0 Å². The lowest BCUT2D eigenvalue weighted by atomic mass is 10.0. The van der Waals surface area contributed by atoms with Crippen LogP contribution in [0.15, 0.2) is 36.5 Å². The summed E-state index contributed by atoms with van der Waals surface area (Å²) in [5, 5.41) is 2.79. The minimum atomic E-state index is 1.20. The van der Waals surface area contributed by atoms with Gasteiger partial charge in [-0.3, -0.25) is 0 Å². The van der Waals surface area contributed by atoms with Crippen LogP contribution in [0.4, 0.5) is 0 Å². The maximum absolute atomic E-state index is 2.30. The Morgan fingerprint density at radius 1 is 0.773 bits per heavy atom. The highest BCUT2D eigenvalue weighted by atomic mass is 14.9. The molecule has 0 bridgehead atoms. The molecule has 22 heavy (non-hydrogen) atoms. The Morgan fingerprint density at radius 3 is 2.14 bits per heavy atom. The minimum Gasteiger partial charge on any atom is -0.205 e. The first-order valence-corrected chi connectivity index (χ1v) is 9.19. The van der Waals surface area contributed by atoms with Crippen LogP contribution >= 0.6 is 0 Å². The van der Waals surface area contributed by atoms with E-state index in [1.807, 2.05) is 0 Å². The van der Waals surface area contributed by atoms with Crippen molar-refractivity contribution < 1.29 is 4.57 Å². The van der Waals surface area contributed by atoms with Gasteiger partial charge >= 0.3 is 0 Å². The molecule has 0 unspecified atom stereocenters. The molecule has 1 heterocycles. The summed E-state index contributed by atoms with van der Waals surface area (Å²) in [4.78, 5) is 0. The first kappa shape index (κ1) is 17.0. The topological polar surface area (TPSA) is 3.88 Å². The van der Waals surface area contributed by atoms with Gasteiger partial charge in [-0.1, -0.05) is 76.5 Å². The smallest absolute Gasteiger partial charge is 0.188 e. The number of hydrogen-bond acceptors (Lipinski definition) is 0. The molecule has 0 saturated carbocycles. The van der Waals surface area contributed by atoms with E-state index < -0.39 is 0 Å². The molecule has 0 N–H and O–H groups in total. The van der Waals surface area contributed by atoms with E-state index in [-0.39, 0.29) is 0 Å². The van der Waals surface area contributed by atoms with Crippen LogP contribution in [0.1, 0.15) is 70.4 Å². The van der Waals surface area contributed by atoms with Crippen LogP contribution in [0.3, 0.4) is 0 Å². The fraction of sp³-hybridized carbons (Fsp3) is 0.571. The number of rotatable bonds is 10. The second-order valence-electron chi connectivity index (χ2n) is 6.54. The van der Waals surface area contributed by atoms with Gasteiger partial charge in [-0.2, -0.15) is 0 Å². The van der Waals surface area contributed by atoms with Crippen LogP contribution in [-0.2, 0) is 13.5 Å². The standard InChI is InChI=1S/C21H32N/c1-3-4-5-6-7-8-9-10-11-16-21-20-15-13-12-14-19(20)17-18-22(21)2/h12-15,17-18H,3-11,16H2,1-2H3/q+1. The molecule has 0 fully saturated rings. The number of pyridine rings is 1. The lowest BCUT2D eigenvalue weighted by Gasteiger charge is -2.05. The molecule has 0 aliphatic rings. The summed E-state index contributed by atoms with van der Waals surface area (Å²) in [5.74, 6) is 0. The van der Waals surface area contributed by atoms with Gasteiger partial charge in [-0.25, -0.2) is 4.57 Å². The summed E-state index contributed by atoms with van der Waals surface area (Å²) in [6.45, 7) is 2.29. The van der Waals surface area contributed by atoms with Crippen molar-refractivity contribution in [2.75, 3.05) is 0 Å². The first-order valence-electron chi connectivity index (χ1n) is 9.19. The quantitative estimate of drug-likeness (QED) is 0.389. The van der Waals surface area contributed by atoms with Gasteiger partial charge < -0.3 is 0 Å². The number of benzene rings is 1. The first-order chi connectivity index (χ1) is 10.8. The van der Waals surface area contributed by atoms with Gasteiger partial charge in [0.15, 0.2) is 11.9 Å². The maximum atomic E-state index is 2.30. The van der Waals surface area contributed by atoms with Crippen molar-refractivity contribution in [1.29, 1.82) is 0 Å². The molecule has 0 radical (unpaired) electrons. The molecule has 0 spiro atoms. The Hall–Kier alpha value is -1.37. The summed E-state index contributed by atoms with van der Waals surface area (Å²) in [6.07, 6.45) is 16.0. The molecular weight excluding hydrogens is 266 g/mol. The molecule has 0 amide bonds. The molecule has 0 aliphatic heterocycles. The van der Waals surface area contributed by atoms with E-state index in [2.05, 4.69) is 55.1 Å². The van der Waals surface area contributed by atoms with E-state index in [9.17, 15) is 0 Å². The molecule has 1 heteroatoms. The number of hydrogen-bond donors (Lipinski definition) is 0. The zero-order valence-corrected chi connectivity index (χ0v) is 14.5. The monoisotopic (exact) mass is 298 g/mol. The average Bonchev–Trinajstić information content (AvgIpc) is 2.55. The van der Waals surface area contributed by atoms with Crippen molar-refractivity contribution in [3.63, 3.8) is 0 Å². The normalized spacial score (nSPS) is 11.2. The van der Waals surface area contributed by atoms with Gasteiger partial charge in [0.2, 0.25) is 0 Å². The Labute approximate surface area is 136 Å². The zero-order chi connectivity index (χ0) is 15.6. The SMILES string of the molecule is CCCCCCCCCCCc1c2ccccc2cc[n+]1C. The van der Waals surface area contributed by atoms with E-state index in [1.54, 1.807) is 0 Å². The third kappa shape index (κ3) is 5.12. The number of nitrogens with zero attached hydrogens (tertiary/aromatic N) is 1. The van der Waals surface area contributed by atoms with Gasteiger partial charge in [0.1, 0.15) is 7.05 Å².